The molecule has 0 radical (unpaired) electrons. The topological polar surface area (TPSA) is 72.5 Å². The van der Waals surface area contributed by atoms with Gasteiger partial charge in [-0.1, -0.05) is 0 Å². The molecule has 0 bridgehead atoms. The molecule has 0 rings (SSSR count). The van der Waals surface area contributed by atoms with Crippen molar-refractivity contribution in [2.24, 2.45) is 5.73 Å². The fourth-order valence-corrected chi connectivity index (χ4v) is 1.79. The van der Waals surface area contributed by atoms with Crippen LogP contribution in [0, 0.1) is 0 Å². The van der Waals surface area contributed by atoms with Crippen molar-refractivity contribution >= 4 is 17.7 Å². The van der Waals surface area contributed by atoms with Gasteiger partial charge in [-0.2, -0.15) is 11.8 Å². The molecule has 0 aliphatic carbocycles. The summed E-state index contributed by atoms with van der Waals surface area (Å²) in [6.07, 6.45) is 1.47. The van der Waals surface area contributed by atoms with Gasteiger partial charge < -0.3 is 15.6 Å². The minimum atomic E-state index is -0.879. The first-order chi connectivity index (χ1) is 7.04. The van der Waals surface area contributed by atoms with Gasteiger partial charge in [-0.3, -0.25) is 4.79 Å². The van der Waals surface area contributed by atoms with Crippen LogP contribution < -0.4 is 5.73 Å². The molecule has 4 nitrogen and oxygen atoms in total. The molecule has 0 saturated carbocycles. The maximum absolute atomic E-state index is 11.4. The number of thioether (sulfide) groups is 1. The molecular formula is C10H21NO3S. The molecule has 0 saturated heterocycles. The van der Waals surface area contributed by atoms with E-state index in [0.29, 0.717) is 13.0 Å². The van der Waals surface area contributed by atoms with E-state index in [-0.39, 0.29) is 12.6 Å². The number of hydrogen-bond acceptors (Lipinski definition) is 5. The molecule has 0 aromatic carbocycles. The van der Waals surface area contributed by atoms with E-state index in [0.717, 1.165) is 17.9 Å². The van der Waals surface area contributed by atoms with E-state index in [1.54, 1.807) is 25.6 Å². The Labute approximate surface area is 95.6 Å². The average Bonchev–Trinajstić information content (AvgIpc) is 2.18. The molecule has 0 spiro atoms. The Bertz CT molecular complexity index is 186. The van der Waals surface area contributed by atoms with Crippen LogP contribution in [-0.2, 0) is 9.53 Å². The van der Waals surface area contributed by atoms with Gasteiger partial charge in [0.1, 0.15) is 5.54 Å². The molecule has 0 fully saturated rings. The third-order valence-electron chi connectivity index (χ3n) is 1.96. The van der Waals surface area contributed by atoms with E-state index in [1.807, 2.05) is 0 Å². The second-order valence-electron chi connectivity index (χ2n) is 3.58. The lowest BCUT2D eigenvalue weighted by Gasteiger charge is -2.21. The van der Waals surface area contributed by atoms with E-state index < -0.39 is 5.54 Å². The number of aliphatic hydroxyl groups excluding tert-OH is 1. The number of esters is 1. The fraction of sp³-hybridized carbons (Fsp3) is 0.900. The third-order valence-corrected chi connectivity index (χ3v) is 3.01. The lowest BCUT2D eigenvalue weighted by atomic mass is 9.98. The zero-order valence-corrected chi connectivity index (χ0v) is 10.3. The lowest BCUT2D eigenvalue weighted by molar-refractivity contribution is -0.149. The smallest absolute Gasteiger partial charge is 0.325 e. The second-order valence-corrected chi connectivity index (χ2v) is 4.80. The Balaban J connectivity index is 3.68. The van der Waals surface area contributed by atoms with Gasteiger partial charge in [-0.05, 0) is 32.4 Å². The van der Waals surface area contributed by atoms with Crippen molar-refractivity contribution in [1.82, 2.24) is 0 Å². The van der Waals surface area contributed by atoms with Crippen LogP contribution in [-0.4, -0.2) is 41.3 Å². The number of carbonyl (C=O) groups excluding carboxylic acids is 1. The number of carbonyl (C=O) groups is 1. The summed E-state index contributed by atoms with van der Waals surface area (Å²) >= 11 is 1.66. The van der Waals surface area contributed by atoms with E-state index in [9.17, 15) is 4.79 Å². The van der Waals surface area contributed by atoms with Crippen LogP contribution >= 0.6 is 11.8 Å². The fourth-order valence-electron chi connectivity index (χ4n) is 1.11. The van der Waals surface area contributed by atoms with Crippen LogP contribution in [0.4, 0.5) is 0 Å². The normalized spacial score (nSPS) is 14.7. The summed E-state index contributed by atoms with van der Waals surface area (Å²) in [6, 6.07) is 0. The van der Waals surface area contributed by atoms with E-state index in [4.69, 9.17) is 15.6 Å². The van der Waals surface area contributed by atoms with Gasteiger partial charge in [-0.25, -0.2) is 0 Å². The van der Waals surface area contributed by atoms with E-state index in [1.165, 1.54) is 0 Å². The summed E-state index contributed by atoms with van der Waals surface area (Å²) in [5.41, 5.74) is 4.95. The monoisotopic (exact) mass is 235 g/mol. The average molecular weight is 235 g/mol. The van der Waals surface area contributed by atoms with Crippen molar-refractivity contribution in [2.45, 2.75) is 32.2 Å². The molecule has 0 aliphatic rings. The van der Waals surface area contributed by atoms with E-state index >= 15 is 0 Å². The van der Waals surface area contributed by atoms with Gasteiger partial charge in [0.05, 0.1) is 13.2 Å². The van der Waals surface area contributed by atoms with Crippen molar-refractivity contribution < 1.29 is 14.6 Å². The van der Waals surface area contributed by atoms with Crippen molar-refractivity contribution in [3.63, 3.8) is 0 Å². The zero-order chi connectivity index (χ0) is 11.7. The van der Waals surface area contributed by atoms with Gasteiger partial charge in [-0.15, -0.1) is 0 Å². The van der Waals surface area contributed by atoms with Crippen molar-refractivity contribution in [2.75, 3.05) is 24.7 Å². The molecule has 0 aromatic heterocycles. The van der Waals surface area contributed by atoms with Crippen LogP contribution in [0.1, 0.15) is 26.7 Å². The molecule has 0 amide bonds. The number of ether oxygens (including phenoxy) is 1. The highest BCUT2D eigenvalue weighted by Gasteiger charge is 2.28. The largest absolute Gasteiger partial charge is 0.465 e. The number of hydrogen-bond donors (Lipinski definition) is 2. The standard InChI is InChI=1S/C10H21NO3S/c1-3-14-9(13)10(2,11)5-4-7-15-8-6-12/h12H,3-8,11H2,1-2H3. The van der Waals surface area contributed by atoms with E-state index in [2.05, 4.69) is 0 Å². The molecule has 15 heavy (non-hydrogen) atoms. The maximum atomic E-state index is 11.4. The summed E-state index contributed by atoms with van der Waals surface area (Å²) in [6.45, 7) is 4.03. The maximum Gasteiger partial charge on any atom is 0.325 e. The lowest BCUT2D eigenvalue weighted by Crippen LogP contribution is -2.46. The van der Waals surface area contributed by atoms with Crippen molar-refractivity contribution in [3.05, 3.63) is 0 Å². The quantitative estimate of drug-likeness (QED) is 0.480. The summed E-state index contributed by atoms with van der Waals surface area (Å²) < 4.78 is 4.87. The first kappa shape index (κ1) is 14.7. The Kier molecular flexibility index (Phi) is 7.82. The van der Waals surface area contributed by atoms with Gasteiger partial charge >= 0.3 is 5.97 Å². The van der Waals surface area contributed by atoms with Gasteiger partial charge in [0, 0.05) is 5.75 Å². The Hall–Kier alpha value is -0.260. The summed E-state index contributed by atoms with van der Waals surface area (Å²) in [5, 5.41) is 8.56. The molecule has 0 aromatic rings. The minimum Gasteiger partial charge on any atom is -0.465 e. The Morgan fingerprint density at radius 3 is 2.73 bits per heavy atom. The molecule has 3 N–H and O–H groups in total. The van der Waals surface area contributed by atoms with Crippen LogP contribution in [0.2, 0.25) is 0 Å². The molecule has 1 unspecified atom stereocenters. The molecule has 0 aliphatic heterocycles. The highest BCUT2D eigenvalue weighted by atomic mass is 32.2. The summed E-state index contributed by atoms with van der Waals surface area (Å²) in [7, 11) is 0. The third kappa shape index (κ3) is 6.76. The van der Waals surface area contributed by atoms with Gasteiger partial charge in [0.25, 0.3) is 0 Å². The minimum absolute atomic E-state index is 0.197. The van der Waals surface area contributed by atoms with Crippen molar-refractivity contribution in [3.8, 4) is 0 Å². The zero-order valence-electron chi connectivity index (χ0n) is 9.49. The highest BCUT2D eigenvalue weighted by Crippen LogP contribution is 2.14. The molecular weight excluding hydrogens is 214 g/mol. The Morgan fingerprint density at radius 2 is 2.20 bits per heavy atom. The first-order valence-corrected chi connectivity index (χ1v) is 6.34. The summed E-state index contributed by atoms with van der Waals surface area (Å²) in [5.74, 6) is 1.31. The van der Waals surface area contributed by atoms with Crippen LogP contribution in [0.5, 0.6) is 0 Å². The molecule has 90 valence electrons. The van der Waals surface area contributed by atoms with Crippen molar-refractivity contribution in [1.29, 1.82) is 0 Å². The van der Waals surface area contributed by atoms with Gasteiger partial charge in [0.15, 0.2) is 0 Å². The van der Waals surface area contributed by atoms with Crippen LogP contribution in [0.15, 0.2) is 0 Å². The number of aliphatic hydroxyl groups is 1. The highest BCUT2D eigenvalue weighted by molar-refractivity contribution is 7.99. The molecule has 1 atom stereocenters. The first-order valence-electron chi connectivity index (χ1n) is 5.19. The summed E-state index contributed by atoms with van der Waals surface area (Å²) in [4.78, 5) is 11.4. The number of nitrogens with two attached hydrogens (primary N) is 1. The van der Waals surface area contributed by atoms with Crippen LogP contribution in [0.25, 0.3) is 0 Å². The molecule has 0 heterocycles. The van der Waals surface area contributed by atoms with Crippen LogP contribution in [0.3, 0.4) is 0 Å². The SMILES string of the molecule is CCOC(=O)C(C)(N)CCCSCCO. The molecule has 5 heteroatoms. The number of rotatable bonds is 8. The Morgan fingerprint density at radius 1 is 1.53 bits per heavy atom. The second kappa shape index (κ2) is 7.96. The predicted octanol–water partition coefficient (Wildman–Crippen LogP) is 0.773. The van der Waals surface area contributed by atoms with Gasteiger partial charge in [0.2, 0.25) is 0 Å². The predicted molar refractivity (Wildman–Crippen MR) is 62.9 cm³/mol.